The molecule has 1 aromatic carbocycles. The summed E-state index contributed by atoms with van der Waals surface area (Å²) in [6, 6.07) is 12.2. The van der Waals surface area contributed by atoms with Crippen LogP contribution in [0.15, 0.2) is 59.5 Å². The molecular weight excluding hydrogens is 354 g/mol. The lowest BCUT2D eigenvalue weighted by molar-refractivity contribution is 0.0740. The fourth-order valence-corrected chi connectivity index (χ4v) is 3.28. The topological polar surface area (TPSA) is 74.5 Å². The largest absolute Gasteiger partial charge is 0.467 e. The van der Waals surface area contributed by atoms with Crippen LogP contribution < -0.4 is 10.2 Å². The van der Waals surface area contributed by atoms with E-state index in [1.807, 2.05) is 17.0 Å². The molecule has 0 radical (unpaired) electrons. The van der Waals surface area contributed by atoms with E-state index in [0.717, 1.165) is 18.8 Å². The van der Waals surface area contributed by atoms with Gasteiger partial charge in [0.2, 0.25) is 0 Å². The minimum atomic E-state index is -0.0750. The molecule has 7 heteroatoms. The molecule has 7 nitrogen and oxygen atoms in total. The Hall–Kier alpha value is -3.35. The van der Waals surface area contributed by atoms with Crippen LogP contribution in [0.2, 0.25) is 0 Å². The number of carbonyl (C=O) groups excluding carboxylic acids is 1. The van der Waals surface area contributed by atoms with Crippen molar-refractivity contribution in [2.24, 2.45) is 0 Å². The number of hydrogen-bond donors (Lipinski definition) is 1. The molecule has 1 fully saturated rings. The maximum absolute atomic E-state index is 12.7. The summed E-state index contributed by atoms with van der Waals surface area (Å²) in [6.45, 7) is 5.59. The van der Waals surface area contributed by atoms with Gasteiger partial charge in [0.15, 0.2) is 0 Å². The predicted molar refractivity (Wildman–Crippen MR) is 107 cm³/mol. The minimum Gasteiger partial charge on any atom is -0.467 e. The van der Waals surface area contributed by atoms with Crippen LogP contribution in [0.1, 0.15) is 21.8 Å². The molecule has 0 atom stereocenters. The average molecular weight is 377 g/mol. The number of carbonyl (C=O) groups is 1. The number of rotatable bonds is 5. The zero-order valence-corrected chi connectivity index (χ0v) is 15.8. The van der Waals surface area contributed by atoms with Crippen molar-refractivity contribution < 1.29 is 9.21 Å². The van der Waals surface area contributed by atoms with Gasteiger partial charge in [-0.15, -0.1) is 0 Å². The molecule has 0 bridgehead atoms. The number of amides is 1. The fourth-order valence-electron chi connectivity index (χ4n) is 3.28. The first-order chi connectivity index (χ1) is 13.7. The van der Waals surface area contributed by atoms with E-state index in [9.17, 15) is 4.79 Å². The first-order valence-electron chi connectivity index (χ1n) is 9.38. The van der Waals surface area contributed by atoms with Gasteiger partial charge >= 0.3 is 0 Å². The van der Waals surface area contributed by atoms with Crippen molar-refractivity contribution >= 4 is 17.4 Å². The number of hydrogen-bond acceptors (Lipinski definition) is 6. The summed E-state index contributed by atoms with van der Waals surface area (Å²) in [4.78, 5) is 25.4. The first-order valence-corrected chi connectivity index (χ1v) is 9.38. The van der Waals surface area contributed by atoms with Crippen LogP contribution in [-0.2, 0) is 6.54 Å². The van der Waals surface area contributed by atoms with Gasteiger partial charge in [0.1, 0.15) is 17.3 Å². The Labute approximate surface area is 164 Å². The van der Waals surface area contributed by atoms with Crippen molar-refractivity contribution in [3.63, 3.8) is 0 Å². The highest BCUT2D eigenvalue weighted by molar-refractivity contribution is 5.92. The Morgan fingerprint density at radius 2 is 1.96 bits per heavy atom. The molecule has 1 aliphatic heterocycles. The van der Waals surface area contributed by atoms with E-state index in [2.05, 4.69) is 51.4 Å². The maximum Gasteiger partial charge on any atom is 0.274 e. The Morgan fingerprint density at radius 1 is 1.11 bits per heavy atom. The van der Waals surface area contributed by atoms with Crippen LogP contribution in [0, 0.1) is 6.92 Å². The predicted octanol–water partition coefficient (Wildman–Crippen LogP) is 2.95. The lowest BCUT2D eigenvalue weighted by Crippen LogP contribution is -2.49. The second kappa shape index (κ2) is 8.12. The smallest absolute Gasteiger partial charge is 0.274 e. The zero-order valence-electron chi connectivity index (χ0n) is 15.8. The van der Waals surface area contributed by atoms with Gasteiger partial charge in [-0.25, -0.2) is 9.97 Å². The molecule has 1 N–H and O–H groups in total. The second-order valence-corrected chi connectivity index (χ2v) is 6.84. The van der Waals surface area contributed by atoms with E-state index in [0.29, 0.717) is 31.1 Å². The number of piperazine rings is 1. The van der Waals surface area contributed by atoms with Gasteiger partial charge in [-0.1, -0.05) is 12.1 Å². The van der Waals surface area contributed by atoms with Crippen LogP contribution >= 0.6 is 0 Å². The van der Waals surface area contributed by atoms with Crippen LogP contribution in [0.3, 0.4) is 0 Å². The summed E-state index contributed by atoms with van der Waals surface area (Å²) < 4.78 is 5.27. The summed E-state index contributed by atoms with van der Waals surface area (Å²) >= 11 is 0. The van der Waals surface area contributed by atoms with Gasteiger partial charge in [-0.2, -0.15) is 0 Å². The average Bonchev–Trinajstić information content (AvgIpc) is 3.26. The van der Waals surface area contributed by atoms with Crippen molar-refractivity contribution in [3.8, 4) is 0 Å². The third-order valence-electron chi connectivity index (χ3n) is 4.83. The summed E-state index contributed by atoms with van der Waals surface area (Å²) in [5, 5.41) is 3.12. The molecule has 4 rings (SSSR count). The number of nitrogens with zero attached hydrogens (tertiary/aromatic N) is 4. The van der Waals surface area contributed by atoms with Gasteiger partial charge < -0.3 is 19.5 Å². The van der Waals surface area contributed by atoms with E-state index in [1.54, 1.807) is 12.5 Å². The van der Waals surface area contributed by atoms with Gasteiger partial charge in [-0.3, -0.25) is 4.79 Å². The first kappa shape index (κ1) is 18.0. The van der Waals surface area contributed by atoms with Crippen molar-refractivity contribution in [1.82, 2.24) is 14.9 Å². The normalized spacial score (nSPS) is 14.2. The number of nitrogens with one attached hydrogen (secondary N) is 1. The lowest BCUT2D eigenvalue weighted by Gasteiger charge is -2.36. The highest BCUT2D eigenvalue weighted by Gasteiger charge is 2.23. The minimum absolute atomic E-state index is 0.0750. The molecule has 1 saturated heterocycles. The van der Waals surface area contributed by atoms with Crippen molar-refractivity contribution in [2.45, 2.75) is 13.5 Å². The highest BCUT2D eigenvalue weighted by Crippen LogP contribution is 2.18. The molecule has 0 aliphatic carbocycles. The number of anilines is 2. The molecule has 2 aromatic heterocycles. The Bertz CT molecular complexity index is 916. The maximum atomic E-state index is 12.7. The van der Waals surface area contributed by atoms with Crippen LogP contribution in [-0.4, -0.2) is 47.0 Å². The van der Waals surface area contributed by atoms with Gasteiger partial charge in [0.25, 0.3) is 5.91 Å². The van der Waals surface area contributed by atoms with E-state index < -0.39 is 0 Å². The zero-order chi connectivity index (χ0) is 19.3. The molecule has 0 spiro atoms. The van der Waals surface area contributed by atoms with Gasteiger partial charge in [0.05, 0.1) is 25.2 Å². The van der Waals surface area contributed by atoms with E-state index in [-0.39, 0.29) is 5.91 Å². The second-order valence-electron chi connectivity index (χ2n) is 6.84. The third kappa shape index (κ3) is 4.14. The van der Waals surface area contributed by atoms with Crippen LogP contribution in [0.25, 0.3) is 0 Å². The molecule has 3 heterocycles. The van der Waals surface area contributed by atoms with E-state index in [1.165, 1.54) is 17.4 Å². The summed E-state index contributed by atoms with van der Waals surface area (Å²) in [6.07, 6.45) is 4.74. The van der Waals surface area contributed by atoms with Crippen molar-refractivity contribution in [2.75, 3.05) is 36.4 Å². The summed E-state index contributed by atoms with van der Waals surface area (Å²) in [7, 11) is 0. The monoisotopic (exact) mass is 377 g/mol. The molecule has 3 aromatic rings. The number of aryl methyl sites for hydroxylation is 1. The SMILES string of the molecule is Cc1cccc(N2CCN(C(=O)c3cnc(NCc4ccco4)cn3)CC2)c1. The van der Waals surface area contributed by atoms with Crippen LogP contribution in [0.4, 0.5) is 11.5 Å². The van der Waals surface area contributed by atoms with E-state index in [4.69, 9.17) is 4.42 Å². The molecular formula is C21H23N5O2. The quantitative estimate of drug-likeness (QED) is 0.737. The molecule has 0 unspecified atom stereocenters. The summed E-state index contributed by atoms with van der Waals surface area (Å²) in [5.41, 5.74) is 2.82. The molecule has 1 aliphatic rings. The molecule has 1 amide bonds. The van der Waals surface area contributed by atoms with Gasteiger partial charge in [0, 0.05) is 31.9 Å². The Balaban J connectivity index is 1.32. The number of aromatic nitrogens is 2. The van der Waals surface area contributed by atoms with Gasteiger partial charge in [-0.05, 0) is 36.8 Å². The lowest BCUT2D eigenvalue weighted by atomic mass is 10.2. The Morgan fingerprint density at radius 3 is 2.64 bits per heavy atom. The summed E-state index contributed by atoms with van der Waals surface area (Å²) in [5.74, 6) is 1.35. The third-order valence-corrected chi connectivity index (χ3v) is 4.83. The van der Waals surface area contributed by atoms with Crippen molar-refractivity contribution in [3.05, 3.63) is 72.1 Å². The van der Waals surface area contributed by atoms with Crippen molar-refractivity contribution in [1.29, 1.82) is 0 Å². The molecule has 144 valence electrons. The highest BCUT2D eigenvalue weighted by atomic mass is 16.3. The number of benzene rings is 1. The molecule has 0 saturated carbocycles. The van der Waals surface area contributed by atoms with E-state index >= 15 is 0 Å². The standard InChI is InChI=1S/C21H23N5O2/c1-16-4-2-5-17(12-16)25-7-9-26(10-8-25)21(27)19-14-24-20(15-22-19)23-13-18-6-3-11-28-18/h2-6,11-12,14-15H,7-10,13H2,1H3,(H,23,24). The molecule has 28 heavy (non-hydrogen) atoms. The fraction of sp³-hybridized carbons (Fsp3) is 0.286. The number of furan rings is 1. The Kier molecular flexibility index (Phi) is 5.23. The van der Waals surface area contributed by atoms with Crippen LogP contribution in [0.5, 0.6) is 0 Å².